The van der Waals surface area contributed by atoms with Crippen LogP contribution in [0.2, 0.25) is 0 Å². The number of amides is 1. The number of piperazine rings is 1. The SMILES string of the molecule is O=C1CCC2CN(Cc3cccc(F)c3O)CCN12. The van der Waals surface area contributed by atoms with E-state index < -0.39 is 5.82 Å². The molecular weight excluding hydrogens is 247 g/mol. The average Bonchev–Trinajstić information content (AvgIpc) is 2.76. The topological polar surface area (TPSA) is 43.8 Å². The fraction of sp³-hybridized carbons (Fsp3) is 0.500. The first-order valence-electron chi connectivity index (χ1n) is 6.63. The Morgan fingerprint density at radius 3 is 3.05 bits per heavy atom. The van der Waals surface area contributed by atoms with Gasteiger partial charge in [-0.05, 0) is 12.5 Å². The summed E-state index contributed by atoms with van der Waals surface area (Å²) >= 11 is 0. The van der Waals surface area contributed by atoms with Crippen LogP contribution >= 0.6 is 0 Å². The van der Waals surface area contributed by atoms with E-state index in [1.54, 1.807) is 12.1 Å². The highest BCUT2D eigenvalue weighted by Gasteiger charge is 2.35. The zero-order chi connectivity index (χ0) is 13.4. The van der Waals surface area contributed by atoms with Crippen LogP contribution in [0.15, 0.2) is 18.2 Å². The van der Waals surface area contributed by atoms with Crippen molar-refractivity contribution >= 4 is 5.91 Å². The lowest BCUT2D eigenvalue weighted by molar-refractivity contribution is -0.130. The van der Waals surface area contributed by atoms with Crippen molar-refractivity contribution in [3.05, 3.63) is 29.6 Å². The molecule has 19 heavy (non-hydrogen) atoms. The number of hydrogen-bond donors (Lipinski definition) is 1. The lowest BCUT2D eigenvalue weighted by atomic mass is 10.1. The van der Waals surface area contributed by atoms with Crippen LogP contribution in [0.25, 0.3) is 0 Å². The number of fused-ring (bicyclic) bond motifs is 1. The summed E-state index contributed by atoms with van der Waals surface area (Å²) in [5.41, 5.74) is 0.609. The molecule has 1 aromatic rings. The molecule has 2 fully saturated rings. The van der Waals surface area contributed by atoms with Crippen molar-refractivity contribution in [3.8, 4) is 5.75 Å². The van der Waals surface area contributed by atoms with Gasteiger partial charge in [-0.3, -0.25) is 9.69 Å². The van der Waals surface area contributed by atoms with Gasteiger partial charge in [0.15, 0.2) is 11.6 Å². The first kappa shape index (κ1) is 12.4. The molecule has 2 aliphatic rings. The lowest BCUT2D eigenvalue weighted by Gasteiger charge is -2.37. The third-order valence-corrected chi connectivity index (χ3v) is 4.04. The van der Waals surface area contributed by atoms with Gasteiger partial charge in [0, 0.05) is 44.2 Å². The normalized spacial score (nSPS) is 23.7. The molecule has 1 unspecified atom stereocenters. The summed E-state index contributed by atoms with van der Waals surface area (Å²) in [6, 6.07) is 4.90. The predicted octanol–water partition coefficient (Wildman–Crippen LogP) is 1.34. The molecule has 4 nitrogen and oxygen atoms in total. The van der Waals surface area contributed by atoms with E-state index in [1.807, 2.05) is 4.90 Å². The van der Waals surface area contributed by atoms with Gasteiger partial charge in [-0.2, -0.15) is 0 Å². The fourth-order valence-electron chi connectivity index (χ4n) is 3.00. The van der Waals surface area contributed by atoms with Crippen LogP contribution in [0.5, 0.6) is 5.75 Å². The molecule has 0 spiro atoms. The van der Waals surface area contributed by atoms with Crippen LogP contribution < -0.4 is 0 Å². The number of phenolic OH excluding ortho intramolecular Hbond substituents is 1. The maximum atomic E-state index is 13.3. The Balaban J connectivity index is 1.68. The van der Waals surface area contributed by atoms with Crippen LogP contribution in [0.1, 0.15) is 18.4 Å². The quantitative estimate of drug-likeness (QED) is 0.876. The standard InChI is InChI=1S/C14H17FN2O2/c15-12-3-1-2-10(14(12)19)8-16-6-7-17-11(9-16)4-5-13(17)18/h1-3,11,19H,4-9H2. The second-order valence-electron chi connectivity index (χ2n) is 5.26. The largest absolute Gasteiger partial charge is 0.505 e. The molecule has 2 saturated heterocycles. The van der Waals surface area contributed by atoms with E-state index in [9.17, 15) is 14.3 Å². The van der Waals surface area contributed by atoms with E-state index in [1.165, 1.54) is 6.07 Å². The number of nitrogens with zero attached hydrogens (tertiary/aromatic N) is 2. The van der Waals surface area contributed by atoms with E-state index in [4.69, 9.17) is 0 Å². The zero-order valence-corrected chi connectivity index (χ0v) is 10.7. The molecule has 0 aliphatic carbocycles. The van der Waals surface area contributed by atoms with E-state index in [2.05, 4.69) is 4.90 Å². The Morgan fingerprint density at radius 1 is 1.37 bits per heavy atom. The molecule has 1 aromatic carbocycles. The molecule has 1 atom stereocenters. The molecule has 2 aliphatic heterocycles. The van der Waals surface area contributed by atoms with Gasteiger partial charge in [0.05, 0.1) is 0 Å². The van der Waals surface area contributed by atoms with Crippen LogP contribution in [-0.4, -0.2) is 46.5 Å². The fourth-order valence-corrected chi connectivity index (χ4v) is 3.00. The van der Waals surface area contributed by atoms with Gasteiger partial charge >= 0.3 is 0 Å². The third kappa shape index (κ3) is 2.30. The van der Waals surface area contributed by atoms with Gasteiger partial charge in [0.1, 0.15) is 0 Å². The number of carbonyl (C=O) groups is 1. The third-order valence-electron chi connectivity index (χ3n) is 4.04. The van der Waals surface area contributed by atoms with Crippen LogP contribution in [0.3, 0.4) is 0 Å². The molecule has 5 heteroatoms. The molecule has 0 aromatic heterocycles. The first-order valence-corrected chi connectivity index (χ1v) is 6.63. The molecule has 102 valence electrons. The summed E-state index contributed by atoms with van der Waals surface area (Å²) in [5, 5.41) is 9.69. The Bertz CT molecular complexity index is 506. The molecule has 3 rings (SSSR count). The Labute approximate surface area is 111 Å². The molecule has 0 saturated carbocycles. The number of benzene rings is 1. The molecular formula is C14H17FN2O2. The molecule has 2 heterocycles. The molecule has 1 N–H and O–H groups in total. The minimum absolute atomic E-state index is 0.248. The van der Waals surface area contributed by atoms with Crippen molar-refractivity contribution in [2.75, 3.05) is 19.6 Å². The lowest BCUT2D eigenvalue weighted by Crippen LogP contribution is -2.50. The zero-order valence-electron chi connectivity index (χ0n) is 10.7. The number of halogens is 1. The summed E-state index contributed by atoms with van der Waals surface area (Å²) in [6.45, 7) is 2.85. The highest BCUT2D eigenvalue weighted by atomic mass is 19.1. The minimum Gasteiger partial charge on any atom is -0.505 e. The Kier molecular flexibility index (Phi) is 3.14. The van der Waals surface area contributed by atoms with Gasteiger partial charge < -0.3 is 10.0 Å². The Hall–Kier alpha value is -1.62. The first-order chi connectivity index (χ1) is 9.15. The Morgan fingerprint density at radius 2 is 2.21 bits per heavy atom. The molecule has 0 bridgehead atoms. The van der Waals surface area contributed by atoms with Crippen molar-refractivity contribution in [1.82, 2.24) is 9.80 Å². The molecule has 0 radical (unpaired) electrons. The smallest absolute Gasteiger partial charge is 0.222 e. The van der Waals surface area contributed by atoms with E-state index >= 15 is 0 Å². The highest BCUT2D eigenvalue weighted by Crippen LogP contribution is 2.26. The van der Waals surface area contributed by atoms with E-state index in [-0.39, 0.29) is 17.7 Å². The maximum Gasteiger partial charge on any atom is 0.222 e. The highest BCUT2D eigenvalue weighted by molar-refractivity contribution is 5.78. The van der Waals surface area contributed by atoms with Crippen molar-refractivity contribution in [2.24, 2.45) is 0 Å². The maximum absolute atomic E-state index is 13.3. The van der Waals surface area contributed by atoms with Crippen molar-refractivity contribution in [1.29, 1.82) is 0 Å². The molecule has 1 amide bonds. The van der Waals surface area contributed by atoms with Gasteiger partial charge in [-0.15, -0.1) is 0 Å². The van der Waals surface area contributed by atoms with Crippen LogP contribution in [0, 0.1) is 5.82 Å². The van der Waals surface area contributed by atoms with Gasteiger partial charge in [0.2, 0.25) is 5.91 Å². The minimum atomic E-state index is -0.577. The second kappa shape index (κ2) is 4.81. The number of hydrogen-bond acceptors (Lipinski definition) is 3. The summed E-state index contributed by atoms with van der Waals surface area (Å²) < 4.78 is 13.3. The number of para-hydroxylation sites is 1. The van der Waals surface area contributed by atoms with Gasteiger partial charge in [-0.25, -0.2) is 4.39 Å². The number of rotatable bonds is 2. The number of phenols is 1. The summed E-state index contributed by atoms with van der Waals surface area (Å²) in [5.74, 6) is -0.585. The predicted molar refractivity (Wildman–Crippen MR) is 68.1 cm³/mol. The van der Waals surface area contributed by atoms with Gasteiger partial charge in [0.25, 0.3) is 0 Å². The van der Waals surface area contributed by atoms with E-state index in [0.29, 0.717) is 18.5 Å². The van der Waals surface area contributed by atoms with E-state index in [0.717, 1.165) is 26.1 Å². The summed E-state index contributed by atoms with van der Waals surface area (Å²) in [6.07, 6.45) is 1.55. The number of carbonyl (C=O) groups excluding carboxylic acids is 1. The van der Waals surface area contributed by atoms with Gasteiger partial charge in [-0.1, -0.05) is 12.1 Å². The summed E-state index contributed by atoms with van der Waals surface area (Å²) in [4.78, 5) is 15.7. The number of aromatic hydroxyl groups is 1. The van der Waals surface area contributed by atoms with Crippen molar-refractivity contribution in [3.63, 3.8) is 0 Å². The van der Waals surface area contributed by atoms with Crippen molar-refractivity contribution < 1.29 is 14.3 Å². The second-order valence-corrected chi connectivity index (χ2v) is 5.26. The van der Waals surface area contributed by atoms with Crippen LogP contribution in [0.4, 0.5) is 4.39 Å². The van der Waals surface area contributed by atoms with Crippen LogP contribution in [-0.2, 0) is 11.3 Å². The monoisotopic (exact) mass is 264 g/mol. The van der Waals surface area contributed by atoms with Crippen molar-refractivity contribution in [2.45, 2.75) is 25.4 Å². The summed E-state index contributed by atoms with van der Waals surface area (Å²) in [7, 11) is 0. The average molecular weight is 264 g/mol.